The molecule has 0 aliphatic carbocycles. The van der Waals surface area contributed by atoms with Crippen molar-refractivity contribution in [3.63, 3.8) is 0 Å². The minimum absolute atomic E-state index is 0.0229. The largest absolute Gasteiger partial charge is 0.475 e. The van der Waals surface area contributed by atoms with Crippen LogP contribution in [0.3, 0.4) is 0 Å². The van der Waals surface area contributed by atoms with Gasteiger partial charge in [0.25, 0.3) is 0 Å². The van der Waals surface area contributed by atoms with E-state index in [0.717, 1.165) is 18.6 Å². The number of aromatic nitrogens is 3. The van der Waals surface area contributed by atoms with Gasteiger partial charge in [0.2, 0.25) is 5.88 Å². The number of methoxy groups -OCH3 is 1. The highest BCUT2D eigenvalue weighted by atomic mass is 35.5. The molecule has 292 valence electrons. The van der Waals surface area contributed by atoms with E-state index in [2.05, 4.69) is 9.97 Å². The molecule has 4 saturated heterocycles. The fraction of sp³-hybridized carbons (Fsp3) is 0.611. The van der Waals surface area contributed by atoms with Crippen LogP contribution >= 0.6 is 11.6 Å². The van der Waals surface area contributed by atoms with Gasteiger partial charge in [-0.3, -0.25) is 9.80 Å². The summed E-state index contributed by atoms with van der Waals surface area (Å²) in [6.45, 7) is 6.24. The molecule has 1 aromatic carbocycles. The number of pyridine rings is 1. The molecule has 0 N–H and O–H groups in total. The summed E-state index contributed by atoms with van der Waals surface area (Å²) in [5, 5.41) is -0.710. The molecule has 1 amide bonds. The molecule has 0 unspecified atom stereocenters. The number of fused-ring (bicyclic) bond motifs is 6. The van der Waals surface area contributed by atoms with E-state index >= 15 is 4.39 Å². The van der Waals surface area contributed by atoms with E-state index in [1.807, 2.05) is 9.80 Å². The standard InChI is InChI=1S/C36H40ClF5N6O6/c1-34(2,3)54-33(49)48-19-6-7-23(48)24-15-51-31-25-29(27(39)28(43-31)21-10-20(53-17-50-4)11-22(37)26(21)36(40,41)42)44-32(45-30(25)47(24)14-19)52-16-35-8-5-9-46(35)13-18(38)12-35/h10-11,18-19,23-24H,5-9,12-17H2,1-4H3/t18-,19-,23+,24+,35-/m1/s1. The van der Waals surface area contributed by atoms with Crippen LogP contribution < -0.4 is 19.1 Å². The number of halogens is 6. The summed E-state index contributed by atoms with van der Waals surface area (Å²) in [6, 6.07) is 0.492. The van der Waals surface area contributed by atoms with Crippen LogP contribution in [0.15, 0.2) is 12.1 Å². The second-order valence-electron chi connectivity index (χ2n) is 15.6. The minimum atomic E-state index is -5.03. The molecule has 54 heavy (non-hydrogen) atoms. The first-order chi connectivity index (χ1) is 25.6. The summed E-state index contributed by atoms with van der Waals surface area (Å²) >= 11 is 6.19. The molecule has 12 nitrogen and oxygen atoms in total. The third-order valence-corrected chi connectivity index (χ3v) is 11.3. The maximum atomic E-state index is 17.1. The van der Waals surface area contributed by atoms with Crippen LogP contribution in [-0.4, -0.2) is 113 Å². The van der Waals surface area contributed by atoms with Gasteiger partial charge in [0, 0.05) is 32.2 Å². The van der Waals surface area contributed by atoms with Crippen molar-refractivity contribution in [2.75, 3.05) is 51.7 Å². The number of hydrogen-bond donors (Lipinski definition) is 0. The summed E-state index contributed by atoms with van der Waals surface area (Å²) in [4.78, 5) is 32.8. The summed E-state index contributed by atoms with van der Waals surface area (Å²) in [6.07, 6.45) is -3.45. The Balaban J connectivity index is 1.27. The van der Waals surface area contributed by atoms with Gasteiger partial charge in [-0.15, -0.1) is 0 Å². The fourth-order valence-corrected chi connectivity index (χ4v) is 9.14. The van der Waals surface area contributed by atoms with Crippen molar-refractivity contribution >= 4 is 34.4 Å². The van der Waals surface area contributed by atoms with Crippen LogP contribution in [0, 0.1) is 5.82 Å². The van der Waals surface area contributed by atoms with Crippen LogP contribution in [0.4, 0.5) is 32.6 Å². The van der Waals surface area contributed by atoms with E-state index in [4.69, 9.17) is 40.3 Å². The molecule has 5 aliphatic heterocycles. The first-order valence-electron chi connectivity index (χ1n) is 17.9. The zero-order valence-electron chi connectivity index (χ0n) is 30.1. The highest BCUT2D eigenvalue weighted by Crippen LogP contribution is 2.49. The van der Waals surface area contributed by atoms with Gasteiger partial charge in [0.15, 0.2) is 12.6 Å². The van der Waals surface area contributed by atoms with Crippen molar-refractivity contribution in [2.45, 2.75) is 94.5 Å². The predicted octanol–water partition coefficient (Wildman–Crippen LogP) is 6.79. The van der Waals surface area contributed by atoms with Crippen LogP contribution in [0.1, 0.15) is 58.4 Å². The number of carbonyl (C=O) groups excluding carboxylic acids is 1. The Kier molecular flexibility index (Phi) is 9.15. The van der Waals surface area contributed by atoms with Gasteiger partial charge in [-0.1, -0.05) is 11.6 Å². The Morgan fingerprint density at radius 1 is 1.09 bits per heavy atom. The third-order valence-electron chi connectivity index (χ3n) is 11.0. The molecule has 0 radical (unpaired) electrons. The molecular formula is C36H40ClF5N6O6. The lowest BCUT2D eigenvalue weighted by molar-refractivity contribution is -0.137. The number of piperazine rings is 1. The third kappa shape index (κ3) is 6.38. The number of rotatable bonds is 7. The summed E-state index contributed by atoms with van der Waals surface area (Å²) in [7, 11) is 1.33. The molecule has 2 bridgehead atoms. The topological polar surface area (TPSA) is 112 Å². The van der Waals surface area contributed by atoms with E-state index < -0.39 is 69.3 Å². The Labute approximate surface area is 312 Å². The summed E-state index contributed by atoms with van der Waals surface area (Å²) in [5.41, 5.74) is -4.51. The van der Waals surface area contributed by atoms with Crippen LogP contribution in [0.25, 0.3) is 22.2 Å². The summed E-state index contributed by atoms with van der Waals surface area (Å²) < 4.78 is 104. The molecule has 18 heteroatoms. The van der Waals surface area contributed by atoms with E-state index in [-0.39, 0.29) is 79.9 Å². The normalized spacial score (nSPS) is 26.4. The highest BCUT2D eigenvalue weighted by molar-refractivity contribution is 6.32. The SMILES string of the molecule is COCOc1cc(Cl)c(C(F)(F)F)c(-c2nc3c4c(nc(OC[C@]56CCCN5C[C@H](F)C6)nc4c2F)N2C[C@H]4CC[C@@H]([C@@H]2CO3)N4C(=O)OC(C)(C)C)c1. The van der Waals surface area contributed by atoms with E-state index in [0.29, 0.717) is 25.8 Å². The van der Waals surface area contributed by atoms with E-state index in [1.54, 1.807) is 25.7 Å². The first-order valence-corrected chi connectivity index (χ1v) is 18.3. The molecule has 3 aromatic rings. The molecule has 5 atom stereocenters. The van der Waals surface area contributed by atoms with Crippen molar-refractivity contribution in [1.82, 2.24) is 24.8 Å². The average molecular weight is 783 g/mol. The molecule has 7 heterocycles. The molecular weight excluding hydrogens is 743 g/mol. The minimum Gasteiger partial charge on any atom is -0.475 e. The van der Waals surface area contributed by atoms with Crippen molar-refractivity contribution in [3.8, 4) is 28.9 Å². The Bertz CT molecular complexity index is 1990. The zero-order chi connectivity index (χ0) is 38.3. The molecule has 5 aliphatic rings. The number of ether oxygens (including phenoxy) is 5. The monoisotopic (exact) mass is 782 g/mol. The number of carbonyl (C=O) groups is 1. The number of hydrogen-bond acceptors (Lipinski definition) is 11. The lowest BCUT2D eigenvalue weighted by Gasteiger charge is -2.46. The molecule has 2 aromatic heterocycles. The quantitative estimate of drug-likeness (QED) is 0.187. The van der Waals surface area contributed by atoms with Crippen molar-refractivity contribution in [2.24, 2.45) is 0 Å². The van der Waals surface area contributed by atoms with Gasteiger partial charge in [-0.2, -0.15) is 23.1 Å². The Hall–Kier alpha value is -3.96. The maximum Gasteiger partial charge on any atom is 0.418 e. The van der Waals surface area contributed by atoms with Crippen molar-refractivity contribution in [3.05, 3.63) is 28.5 Å². The number of nitrogens with zero attached hydrogens (tertiary/aromatic N) is 6. The van der Waals surface area contributed by atoms with Crippen molar-refractivity contribution < 1.29 is 50.4 Å². The number of amides is 1. The summed E-state index contributed by atoms with van der Waals surface area (Å²) in [5.74, 6) is -1.33. The average Bonchev–Trinajstić information content (AvgIpc) is 3.69. The van der Waals surface area contributed by atoms with Crippen LogP contribution in [0.5, 0.6) is 17.6 Å². The zero-order valence-corrected chi connectivity index (χ0v) is 30.9. The van der Waals surface area contributed by atoms with Gasteiger partial charge >= 0.3 is 18.3 Å². The number of anilines is 1. The number of alkyl halides is 4. The van der Waals surface area contributed by atoms with Gasteiger partial charge in [0.05, 0.1) is 34.3 Å². The first kappa shape index (κ1) is 37.0. The van der Waals surface area contributed by atoms with Crippen LogP contribution in [0.2, 0.25) is 5.02 Å². The fourth-order valence-electron chi connectivity index (χ4n) is 8.82. The van der Waals surface area contributed by atoms with Crippen molar-refractivity contribution in [1.29, 1.82) is 0 Å². The van der Waals surface area contributed by atoms with Gasteiger partial charge in [0.1, 0.15) is 53.2 Å². The van der Waals surface area contributed by atoms with Crippen LogP contribution in [-0.2, 0) is 15.7 Å². The second-order valence-corrected chi connectivity index (χ2v) is 16.0. The van der Waals surface area contributed by atoms with Gasteiger partial charge in [-0.05, 0) is 65.1 Å². The van der Waals surface area contributed by atoms with Gasteiger partial charge in [-0.25, -0.2) is 18.6 Å². The molecule has 0 saturated carbocycles. The van der Waals surface area contributed by atoms with Gasteiger partial charge < -0.3 is 28.6 Å². The lowest BCUT2D eigenvalue weighted by Crippen LogP contribution is -2.63. The highest BCUT2D eigenvalue weighted by Gasteiger charge is 2.53. The van der Waals surface area contributed by atoms with E-state index in [1.165, 1.54) is 7.11 Å². The number of benzene rings is 1. The lowest BCUT2D eigenvalue weighted by atomic mass is 9.95. The molecule has 8 rings (SSSR count). The van der Waals surface area contributed by atoms with E-state index in [9.17, 15) is 22.4 Å². The maximum absolute atomic E-state index is 17.1. The Morgan fingerprint density at radius 3 is 2.63 bits per heavy atom. The molecule has 4 fully saturated rings. The predicted molar refractivity (Wildman–Crippen MR) is 185 cm³/mol. The molecule has 0 spiro atoms. The smallest absolute Gasteiger partial charge is 0.418 e. The Morgan fingerprint density at radius 2 is 1.89 bits per heavy atom. The second kappa shape index (κ2) is 13.4.